The van der Waals surface area contributed by atoms with E-state index in [0.29, 0.717) is 5.69 Å². The maximum absolute atomic E-state index is 9.05. The molecule has 1 N–H and O–H groups in total. The van der Waals surface area contributed by atoms with Gasteiger partial charge in [-0.05, 0) is 11.4 Å². The molecule has 74 valence electrons. The quantitative estimate of drug-likeness (QED) is 0.819. The van der Waals surface area contributed by atoms with Crippen molar-refractivity contribution in [3.05, 3.63) is 33.8 Å². The van der Waals surface area contributed by atoms with E-state index in [1.807, 2.05) is 18.5 Å². The van der Waals surface area contributed by atoms with Gasteiger partial charge in [0.05, 0.1) is 12.3 Å². The Kier molecular flexibility index (Phi) is 2.60. The zero-order valence-electron chi connectivity index (χ0n) is 7.84. The number of aliphatic hydroxyl groups is 1. The van der Waals surface area contributed by atoms with Crippen LogP contribution in [0.1, 0.15) is 16.3 Å². The van der Waals surface area contributed by atoms with E-state index >= 15 is 0 Å². The van der Waals surface area contributed by atoms with Crippen molar-refractivity contribution in [2.75, 3.05) is 0 Å². The van der Waals surface area contributed by atoms with Crippen molar-refractivity contribution in [3.8, 4) is 0 Å². The highest BCUT2D eigenvalue weighted by Crippen LogP contribution is 2.16. The fourth-order valence-electron chi connectivity index (χ4n) is 1.34. The van der Waals surface area contributed by atoms with Crippen molar-refractivity contribution in [1.82, 2.24) is 15.0 Å². The Labute approximate surface area is 85.8 Å². The second-order valence-corrected chi connectivity index (χ2v) is 4.05. The number of rotatable bonds is 3. The maximum atomic E-state index is 9.05. The fraction of sp³-hybridized carbons (Fsp3) is 0.333. The molecule has 0 unspecified atom stereocenters. The molecule has 0 radical (unpaired) electrons. The molecule has 4 nitrogen and oxygen atoms in total. The highest BCUT2D eigenvalue weighted by molar-refractivity contribution is 7.09. The lowest BCUT2D eigenvalue weighted by Gasteiger charge is -2.00. The van der Waals surface area contributed by atoms with Gasteiger partial charge in [-0.1, -0.05) is 11.3 Å². The van der Waals surface area contributed by atoms with Crippen molar-refractivity contribution in [1.29, 1.82) is 0 Å². The Balaban J connectivity index is 2.27. The molecule has 2 heterocycles. The molecule has 0 bridgehead atoms. The second kappa shape index (κ2) is 3.89. The average Bonchev–Trinajstić information content (AvgIpc) is 2.79. The van der Waals surface area contributed by atoms with Gasteiger partial charge in [-0.2, -0.15) is 0 Å². The van der Waals surface area contributed by atoms with Crippen molar-refractivity contribution in [3.63, 3.8) is 0 Å². The summed E-state index contributed by atoms with van der Waals surface area (Å²) < 4.78 is 1.71. The summed E-state index contributed by atoms with van der Waals surface area (Å²) in [6, 6.07) is 4.08. The van der Waals surface area contributed by atoms with E-state index in [2.05, 4.69) is 16.4 Å². The van der Waals surface area contributed by atoms with Gasteiger partial charge in [0.1, 0.15) is 5.69 Å². The van der Waals surface area contributed by atoms with E-state index < -0.39 is 0 Å². The van der Waals surface area contributed by atoms with Crippen LogP contribution in [0.5, 0.6) is 0 Å². The number of aromatic nitrogens is 3. The molecule has 5 heteroatoms. The summed E-state index contributed by atoms with van der Waals surface area (Å²) in [5, 5.41) is 18.8. The molecule has 14 heavy (non-hydrogen) atoms. The molecular formula is C9H11N3OS. The smallest absolute Gasteiger partial charge is 0.112 e. The van der Waals surface area contributed by atoms with Crippen LogP contribution >= 0.6 is 11.3 Å². The third-order valence-corrected chi connectivity index (χ3v) is 2.97. The first-order chi connectivity index (χ1) is 6.81. The molecule has 0 fully saturated rings. The molecule has 0 aliphatic carbocycles. The van der Waals surface area contributed by atoms with Gasteiger partial charge in [-0.25, -0.2) is 0 Å². The van der Waals surface area contributed by atoms with E-state index in [9.17, 15) is 0 Å². The van der Waals surface area contributed by atoms with Gasteiger partial charge >= 0.3 is 0 Å². The molecular weight excluding hydrogens is 198 g/mol. The third-order valence-electron chi connectivity index (χ3n) is 2.09. The first kappa shape index (κ1) is 9.36. The average molecular weight is 209 g/mol. The zero-order valence-corrected chi connectivity index (χ0v) is 8.66. The molecule has 0 atom stereocenters. The summed E-state index contributed by atoms with van der Waals surface area (Å²) in [7, 11) is 1.84. The van der Waals surface area contributed by atoms with E-state index in [1.165, 1.54) is 4.88 Å². The molecule has 2 rings (SSSR count). The first-order valence-corrected chi connectivity index (χ1v) is 5.20. The molecule has 0 aliphatic rings. The van der Waals surface area contributed by atoms with Crippen LogP contribution in [0.3, 0.4) is 0 Å². The standard InChI is InChI=1S/C9H11N3OS/c1-12-9(8(6-13)10-11-12)5-7-3-2-4-14-7/h2-4,13H,5-6H2,1H3. The zero-order chi connectivity index (χ0) is 9.97. The predicted molar refractivity (Wildman–Crippen MR) is 54.1 cm³/mol. The van der Waals surface area contributed by atoms with Gasteiger partial charge in [0.15, 0.2) is 0 Å². The van der Waals surface area contributed by atoms with E-state index in [4.69, 9.17) is 5.11 Å². The second-order valence-electron chi connectivity index (χ2n) is 3.02. The Morgan fingerprint density at radius 3 is 3.07 bits per heavy atom. The minimum atomic E-state index is -0.0471. The van der Waals surface area contributed by atoms with Gasteiger partial charge in [-0.3, -0.25) is 4.68 Å². The van der Waals surface area contributed by atoms with Gasteiger partial charge in [0.2, 0.25) is 0 Å². The van der Waals surface area contributed by atoms with Crippen LogP contribution in [0.4, 0.5) is 0 Å². The highest BCUT2D eigenvalue weighted by Gasteiger charge is 2.10. The van der Waals surface area contributed by atoms with Crippen molar-refractivity contribution in [2.45, 2.75) is 13.0 Å². The Morgan fingerprint density at radius 1 is 1.57 bits per heavy atom. The van der Waals surface area contributed by atoms with Crippen LogP contribution in [0.25, 0.3) is 0 Å². The molecule has 0 saturated heterocycles. The van der Waals surface area contributed by atoms with Crippen LogP contribution < -0.4 is 0 Å². The lowest BCUT2D eigenvalue weighted by molar-refractivity contribution is 0.275. The minimum Gasteiger partial charge on any atom is -0.390 e. The normalized spacial score (nSPS) is 10.7. The molecule has 0 amide bonds. The molecule has 0 saturated carbocycles. The van der Waals surface area contributed by atoms with Crippen molar-refractivity contribution >= 4 is 11.3 Å². The highest BCUT2D eigenvalue weighted by atomic mass is 32.1. The number of aryl methyl sites for hydroxylation is 1. The minimum absolute atomic E-state index is 0.0471. The number of hydrogen-bond acceptors (Lipinski definition) is 4. The Morgan fingerprint density at radius 2 is 2.43 bits per heavy atom. The van der Waals surface area contributed by atoms with Gasteiger partial charge in [0.25, 0.3) is 0 Å². The van der Waals surface area contributed by atoms with Crippen molar-refractivity contribution in [2.24, 2.45) is 7.05 Å². The lowest BCUT2D eigenvalue weighted by Crippen LogP contribution is -2.00. The summed E-state index contributed by atoms with van der Waals surface area (Å²) in [5.41, 5.74) is 1.65. The summed E-state index contributed by atoms with van der Waals surface area (Å²) in [4.78, 5) is 1.25. The largest absolute Gasteiger partial charge is 0.390 e. The van der Waals surface area contributed by atoms with Crippen LogP contribution in [-0.2, 0) is 20.1 Å². The first-order valence-electron chi connectivity index (χ1n) is 4.32. The Bertz CT molecular complexity index is 408. The molecule has 0 aromatic carbocycles. The van der Waals surface area contributed by atoms with Crippen LogP contribution in [0.15, 0.2) is 17.5 Å². The predicted octanol–water partition coefficient (Wildman–Crippen LogP) is 0.960. The number of nitrogens with zero attached hydrogens (tertiary/aromatic N) is 3. The van der Waals surface area contributed by atoms with Gasteiger partial charge < -0.3 is 5.11 Å². The molecule has 0 aliphatic heterocycles. The molecule has 2 aromatic heterocycles. The van der Waals surface area contributed by atoms with Crippen LogP contribution in [-0.4, -0.2) is 20.1 Å². The van der Waals surface area contributed by atoms with Gasteiger partial charge in [0, 0.05) is 18.3 Å². The van der Waals surface area contributed by atoms with E-state index in [0.717, 1.165) is 12.1 Å². The summed E-state index contributed by atoms with van der Waals surface area (Å²) in [5.74, 6) is 0. The number of hydrogen-bond donors (Lipinski definition) is 1. The topological polar surface area (TPSA) is 50.9 Å². The number of aliphatic hydroxyl groups excluding tert-OH is 1. The van der Waals surface area contributed by atoms with E-state index in [-0.39, 0.29) is 6.61 Å². The summed E-state index contributed by atoms with van der Waals surface area (Å²) in [6.07, 6.45) is 0.789. The number of thiophene rings is 1. The third kappa shape index (κ3) is 1.69. The lowest BCUT2D eigenvalue weighted by atomic mass is 10.2. The SMILES string of the molecule is Cn1nnc(CO)c1Cc1cccs1. The van der Waals surface area contributed by atoms with E-state index in [1.54, 1.807) is 16.0 Å². The monoisotopic (exact) mass is 209 g/mol. The van der Waals surface area contributed by atoms with Crippen molar-refractivity contribution < 1.29 is 5.11 Å². The molecule has 2 aromatic rings. The van der Waals surface area contributed by atoms with Crippen LogP contribution in [0, 0.1) is 0 Å². The molecule has 0 spiro atoms. The summed E-state index contributed by atoms with van der Waals surface area (Å²) >= 11 is 1.70. The summed E-state index contributed by atoms with van der Waals surface area (Å²) in [6.45, 7) is -0.0471. The van der Waals surface area contributed by atoms with Crippen LogP contribution in [0.2, 0.25) is 0 Å². The fourth-order valence-corrected chi connectivity index (χ4v) is 2.05. The maximum Gasteiger partial charge on any atom is 0.112 e. The Hall–Kier alpha value is -1.20. The van der Waals surface area contributed by atoms with Gasteiger partial charge in [-0.15, -0.1) is 16.4 Å².